The van der Waals surface area contributed by atoms with Gasteiger partial charge in [0, 0.05) is 12.7 Å². The van der Waals surface area contributed by atoms with Gasteiger partial charge in [0.15, 0.2) is 6.29 Å². The van der Waals surface area contributed by atoms with Crippen LogP contribution in [0.25, 0.3) is 0 Å². The molecule has 0 heterocycles. The Hall–Kier alpha value is -1.15. The number of hydrogen-bond donors (Lipinski definition) is 3. The summed E-state index contributed by atoms with van der Waals surface area (Å²) in [6.07, 6.45) is -0.890. The van der Waals surface area contributed by atoms with Crippen molar-refractivity contribution in [2.24, 2.45) is 0 Å². The number of aliphatic hydroxyl groups excluding tert-OH is 2. The number of rotatable bonds is 21. The van der Waals surface area contributed by atoms with Gasteiger partial charge in [-0.25, -0.2) is 4.79 Å². The van der Waals surface area contributed by atoms with Gasteiger partial charge in [-0.1, -0.05) is 6.58 Å². The summed E-state index contributed by atoms with van der Waals surface area (Å²) in [5.41, 5.74) is 0.176. The zero-order valence-corrected chi connectivity index (χ0v) is 18.1. The fourth-order valence-corrected chi connectivity index (χ4v) is 1.42. The first-order valence-corrected chi connectivity index (χ1v) is 9.62. The van der Waals surface area contributed by atoms with E-state index < -0.39 is 12.3 Å². The third-order valence-corrected chi connectivity index (χ3v) is 2.99. The number of aliphatic carboxylic acids is 1. The van der Waals surface area contributed by atoms with E-state index in [4.69, 9.17) is 43.7 Å². The largest absolute Gasteiger partial charge is 0.478 e. The van der Waals surface area contributed by atoms with Crippen LogP contribution in [-0.2, 0) is 38.0 Å². The molecule has 0 aliphatic rings. The summed E-state index contributed by atoms with van der Waals surface area (Å²) in [5, 5.41) is 25.4. The quantitative estimate of drug-likeness (QED) is 0.122. The minimum atomic E-state index is -0.935. The molecule has 0 bridgehead atoms. The Morgan fingerprint density at radius 2 is 1.07 bits per heavy atom. The molecule has 30 heavy (non-hydrogen) atoms. The molecule has 0 saturated carbocycles. The maximum absolute atomic E-state index is 9.60. The molecule has 0 radical (unpaired) electrons. The Kier molecular flexibility index (Phi) is 26.8. The lowest BCUT2D eigenvalue weighted by atomic mass is 10.4. The van der Waals surface area contributed by atoms with Gasteiger partial charge in [-0.2, -0.15) is 0 Å². The highest BCUT2D eigenvalue weighted by Crippen LogP contribution is 1.87. The van der Waals surface area contributed by atoms with Crippen LogP contribution < -0.4 is 0 Å². The highest BCUT2D eigenvalue weighted by atomic mass is 16.6. The van der Waals surface area contributed by atoms with Crippen LogP contribution in [0, 0.1) is 0 Å². The third-order valence-electron chi connectivity index (χ3n) is 2.99. The Labute approximate surface area is 178 Å². The maximum Gasteiger partial charge on any atom is 0.330 e. The molecule has 0 aliphatic carbocycles. The molecule has 11 nitrogen and oxygen atoms in total. The summed E-state index contributed by atoms with van der Waals surface area (Å²) in [6.45, 7) is 9.88. The fraction of sp³-hybridized carbons (Fsp3) is 0.842. The van der Waals surface area contributed by atoms with Crippen molar-refractivity contribution in [3.63, 3.8) is 0 Å². The van der Waals surface area contributed by atoms with Crippen LogP contribution >= 0.6 is 0 Å². The van der Waals surface area contributed by atoms with Gasteiger partial charge in [0.2, 0.25) is 0 Å². The van der Waals surface area contributed by atoms with Crippen molar-refractivity contribution in [1.82, 2.24) is 0 Å². The van der Waals surface area contributed by atoms with E-state index in [2.05, 4.69) is 11.3 Å². The molecule has 11 heteroatoms. The molecular formula is C19H38O11. The molecule has 0 aromatic rings. The number of methoxy groups -OCH3 is 1. The van der Waals surface area contributed by atoms with Crippen molar-refractivity contribution in [2.45, 2.75) is 13.2 Å². The monoisotopic (exact) mass is 442 g/mol. The molecule has 0 rings (SSSR count). The average Bonchev–Trinajstić information content (AvgIpc) is 2.73. The molecule has 3 N–H and O–H groups in total. The predicted octanol–water partition coefficient (Wildman–Crippen LogP) is -0.310. The molecule has 0 aromatic heterocycles. The first kappa shape index (κ1) is 31.0. The van der Waals surface area contributed by atoms with Crippen LogP contribution in [0.15, 0.2) is 12.2 Å². The normalized spacial score (nSPS) is 11.6. The summed E-state index contributed by atoms with van der Waals surface area (Å²) >= 11 is 0. The van der Waals surface area contributed by atoms with E-state index in [1.165, 1.54) is 14.0 Å². The number of carboxylic acid groups (broad SMARTS) is 1. The zero-order chi connectivity index (χ0) is 22.9. The highest BCUT2D eigenvalue weighted by molar-refractivity contribution is 5.84. The van der Waals surface area contributed by atoms with Crippen molar-refractivity contribution in [1.29, 1.82) is 0 Å². The Bertz CT molecular complexity index is 367. The number of carboxylic acids is 1. The van der Waals surface area contributed by atoms with Crippen LogP contribution in [0.5, 0.6) is 0 Å². The second kappa shape index (κ2) is 25.9. The summed E-state index contributed by atoms with van der Waals surface area (Å²) in [4.78, 5) is 9.60. The van der Waals surface area contributed by atoms with Crippen LogP contribution in [0.4, 0.5) is 0 Å². The Balaban J connectivity index is 0. The molecule has 1 atom stereocenters. The lowest BCUT2D eigenvalue weighted by Gasteiger charge is -2.09. The van der Waals surface area contributed by atoms with Gasteiger partial charge in [-0.05, 0) is 6.92 Å². The maximum atomic E-state index is 9.60. The van der Waals surface area contributed by atoms with Crippen molar-refractivity contribution >= 4 is 5.97 Å². The van der Waals surface area contributed by atoms with E-state index in [-0.39, 0.29) is 18.8 Å². The molecule has 0 aromatic carbocycles. The van der Waals surface area contributed by atoms with Gasteiger partial charge < -0.3 is 48.5 Å². The molecule has 180 valence electrons. The fourth-order valence-electron chi connectivity index (χ4n) is 1.42. The smallest absolute Gasteiger partial charge is 0.330 e. The van der Waals surface area contributed by atoms with E-state index in [0.717, 1.165) is 0 Å². The zero-order valence-electron chi connectivity index (χ0n) is 18.1. The van der Waals surface area contributed by atoms with E-state index >= 15 is 0 Å². The van der Waals surface area contributed by atoms with Gasteiger partial charge >= 0.3 is 5.97 Å². The van der Waals surface area contributed by atoms with Crippen molar-refractivity contribution in [2.75, 3.05) is 93.0 Å². The van der Waals surface area contributed by atoms with Crippen LogP contribution in [-0.4, -0.2) is 121 Å². The van der Waals surface area contributed by atoms with E-state index in [9.17, 15) is 4.79 Å². The first-order valence-electron chi connectivity index (χ1n) is 9.62. The summed E-state index contributed by atoms with van der Waals surface area (Å²) in [5.74, 6) is -0.935. The summed E-state index contributed by atoms with van der Waals surface area (Å²) in [6, 6.07) is 0. The highest BCUT2D eigenvalue weighted by Gasteiger charge is 2.00. The summed E-state index contributed by atoms with van der Waals surface area (Å²) in [7, 11) is 1.41. The Morgan fingerprint density at radius 1 is 0.767 bits per heavy atom. The SMILES string of the molecule is C=C(C)C(=O)O.COC(O)COCCOCCOCCOCCOCCOCCO. The predicted molar refractivity (Wildman–Crippen MR) is 107 cm³/mol. The number of aliphatic hydroxyl groups is 2. The molecular weight excluding hydrogens is 404 g/mol. The van der Waals surface area contributed by atoms with Gasteiger partial charge in [-0.15, -0.1) is 0 Å². The topological polar surface area (TPSA) is 142 Å². The van der Waals surface area contributed by atoms with E-state index in [1.807, 2.05) is 0 Å². The molecule has 0 spiro atoms. The van der Waals surface area contributed by atoms with Crippen molar-refractivity contribution < 1.29 is 53.3 Å². The number of ether oxygens (including phenoxy) is 7. The van der Waals surface area contributed by atoms with E-state index in [1.54, 1.807) is 0 Å². The summed E-state index contributed by atoms with van der Waals surface area (Å²) < 4.78 is 36.0. The van der Waals surface area contributed by atoms with Crippen LogP contribution in [0.2, 0.25) is 0 Å². The first-order chi connectivity index (χ1) is 14.5. The van der Waals surface area contributed by atoms with E-state index in [0.29, 0.717) is 72.7 Å². The van der Waals surface area contributed by atoms with Crippen LogP contribution in [0.3, 0.4) is 0 Å². The van der Waals surface area contributed by atoms with Crippen molar-refractivity contribution in [3.05, 3.63) is 12.2 Å². The molecule has 0 fully saturated rings. The second-order valence-electron chi connectivity index (χ2n) is 5.64. The lowest BCUT2D eigenvalue weighted by molar-refractivity contribution is -0.132. The van der Waals surface area contributed by atoms with Gasteiger partial charge in [0.05, 0.1) is 85.9 Å². The minimum Gasteiger partial charge on any atom is -0.478 e. The number of hydrogen-bond acceptors (Lipinski definition) is 10. The molecule has 0 aliphatic heterocycles. The molecule has 1 unspecified atom stereocenters. The van der Waals surface area contributed by atoms with Gasteiger partial charge in [0.1, 0.15) is 0 Å². The lowest BCUT2D eigenvalue weighted by Crippen LogP contribution is -2.19. The standard InChI is InChI=1S/C15H32O9.C4H6O2/c1-18-15(17)14-24-13-12-23-11-10-22-9-8-21-7-6-20-5-4-19-3-2-16;1-3(2)4(5)6/h15-17H,2-14H2,1H3;1H2,2H3,(H,5,6). The Morgan fingerprint density at radius 3 is 1.33 bits per heavy atom. The molecule has 0 amide bonds. The van der Waals surface area contributed by atoms with Crippen molar-refractivity contribution in [3.8, 4) is 0 Å². The minimum absolute atomic E-state index is 0.0282. The average molecular weight is 443 g/mol. The number of carbonyl (C=O) groups is 1. The second-order valence-corrected chi connectivity index (χ2v) is 5.64. The third kappa shape index (κ3) is 29.1. The van der Waals surface area contributed by atoms with Crippen LogP contribution in [0.1, 0.15) is 6.92 Å². The van der Waals surface area contributed by atoms with Gasteiger partial charge in [-0.3, -0.25) is 0 Å². The van der Waals surface area contributed by atoms with Gasteiger partial charge in [0.25, 0.3) is 0 Å². The molecule has 0 saturated heterocycles.